The number of rotatable bonds is 5. The molecule has 0 saturated heterocycles. The molecule has 3 rings (SSSR count). The molecule has 0 radical (unpaired) electrons. The zero-order valence-corrected chi connectivity index (χ0v) is 14.2. The van der Waals surface area contributed by atoms with Crippen LogP contribution in [0.15, 0.2) is 42.6 Å². The summed E-state index contributed by atoms with van der Waals surface area (Å²) in [7, 11) is 1.55. The van der Waals surface area contributed by atoms with Crippen LogP contribution in [0.5, 0.6) is 5.75 Å². The number of fused-ring (bicyclic) bond motifs is 1. The van der Waals surface area contributed by atoms with Crippen molar-refractivity contribution in [2.45, 2.75) is 13.3 Å². The van der Waals surface area contributed by atoms with Crippen molar-refractivity contribution in [2.24, 2.45) is 5.73 Å². The first-order chi connectivity index (χ1) is 12.0. The van der Waals surface area contributed by atoms with Gasteiger partial charge in [-0.25, -0.2) is 0 Å². The number of pyridine rings is 1. The minimum absolute atomic E-state index is 0.308. The lowest BCUT2D eigenvalue weighted by atomic mass is 10.1. The molecule has 2 aromatic carbocycles. The zero-order chi connectivity index (χ0) is 18.0. The van der Waals surface area contributed by atoms with Crippen LogP contribution in [0.2, 0.25) is 0 Å². The van der Waals surface area contributed by atoms with E-state index in [4.69, 9.17) is 16.2 Å². The van der Waals surface area contributed by atoms with Crippen LogP contribution in [0.25, 0.3) is 10.9 Å². The van der Waals surface area contributed by atoms with Crippen LogP contribution in [0.4, 0.5) is 17.1 Å². The van der Waals surface area contributed by atoms with Gasteiger partial charge >= 0.3 is 0 Å². The van der Waals surface area contributed by atoms with E-state index in [9.17, 15) is 4.79 Å². The predicted molar refractivity (Wildman–Crippen MR) is 100 cm³/mol. The van der Waals surface area contributed by atoms with Gasteiger partial charge in [-0.15, -0.1) is 0 Å². The summed E-state index contributed by atoms with van der Waals surface area (Å²) in [6, 6.07) is 11.4. The highest BCUT2D eigenvalue weighted by atomic mass is 16.5. The second-order valence-corrected chi connectivity index (χ2v) is 5.66. The number of primary amides is 1. The summed E-state index contributed by atoms with van der Waals surface area (Å²) in [6.45, 7) is 2.07. The van der Waals surface area contributed by atoms with Gasteiger partial charge in [0.15, 0.2) is 0 Å². The van der Waals surface area contributed by atoms with E-state index in [1.165, 1.54) is 6.20 Å². The van der Waals surface area contributed by atoms with Crippen molar-refractivity contribution in [1.82, 2.24) is 4.98 Å². The number of nitrogens with zero attached hydrogens (tertiary/aromatic N) is 1. The fourth-order valence-corrected chi connectivity index (χ4v) is 2.82. The quantitative estimate of drug-likeness (QED) is 0.621. The zero-order valence-electron chi connectivity index (χ0n) is 14.2. The monoisotopic (exact) mass is 336 g/mol. The fraction of sp³-hybridized carbons (Fsp3) is 0.158. The number of aromatic nitrogens is 1. The van der Waals surface area contributed by atoms with Gasteiger partial charge in [0, 0.05) is 23.3 Å². The number of aryl methyl sites for hydroxylation is 1. The molecule has 0 aliphatic heterocycles. The van der Waals surface area contributed by atoms with Crippen LogP contribution in [0, 0.1) is 0 Å². The highest BCUT2D eigenvalue weighted by Gasteiger charge is 2.16. The standard InChI is InChI=1S/C19H20N4O2/c1-3-11-6-4-5-7-15(11)23-18-12-8-14(20)17(25-2)9-16(12)22-10-13(18)19(21)24/h4-10H,3,20H2,1-2H3,(H2,21,24)(H,22,23). The van der Waals surface area contributed by atoms with Gasteiger partial charge in [0.1, 0.15) is 5.75 Å². The van der Waals surface area contributed by atoms with Crippen LogP contribution in [0.1, 0.15) is 22.8 Å². The molecule has 25 heavy (non-hydrogen) atoms. The molecule has 0 fully saturated rings. The summed E-state index contributed by atoms with van der Waals surface area (Å²) < 4.78 is 5.25. The lowest BCUT2D eigenvalue weighted by Gasteiger charge is -2.16. The van der Waals surface area contributed by atoms with Crippen molar-refractivity contribution in [3.63, 3.8) is 0 Å². The molecular weight excluding hydrogens is 316 g/mol. The van der Waals surface area contributed by atoms with Crippen molar-refractivity contribution < 1.29 is 9.53 Å². The van der Waals surface area contributed by atoms with Gasteiger partial charge in [0.2, 0.25) is 0 Å². The molecule has 6 heteroatoms. The number of amides is 1. The molecule has 0 unspecified atom stereocenters. The van der Waals surface area contributed by atoms with Crippen LogP contribution in [0.3, 0.4) is 0 Å². The van der Waals surface area contributed by atoms with Crippen molar-refractivity contribution in [3.8, 4) is 5.75 Å². The SMILES string of the molecule is CCc1ccccc1Nc1c(C(N)=O)cnc2cc(OC)c(N)cc12. The number of hydrogen-bond acceptors (Lipinski definition) is 5. The summed E-state index contributed by atoms with van der Waals surface area (Å²) in [5.41, 5.74) is 15.7. The molecule has 1 aromatic heterocycles. The number of hydrogen-bond donors (Lipinski definition) is 3. The first-order valence-electron chi connectivity index (χ1n) is 7.96. The molecular formula is C19H20N4O2. The number of nitrogens with two attached hydrogens (primary N) is 2. The maximum Gasteiger partial charge on any atom is 0.252 e. The maximum atomic E-state index is 11.9. The average molecular weight is 336 g/mol. The number of carbonyl (C=O) groups excluding carboxylic acids is 1. The summed E-state index contributed by atoms with van der Waals surface area (Å²) in [5, 5.41) is 4.05. The normalized spacial score (nSPS) is 10.6. The Morgan fingerprint density at radius 3 is 2.72 bits per heavy atom. The Kier molecular flexibility index (Phi) is 4.43. The summed E-state index contributed by atoms with van der Waals surface area (Å²) in [4.78, 5) is 16.2. The number of anilines is 3. The number of nitrogens with one attached hydrogen (secondary N) is 1. The van der Waals surface area contributed by atoms with E-state index >= 15 is 0 Å². The number of methoxy groups -OCH3 is 1. The Morgan fingerprint density at radius 1 is 1.28 bits per heavy atom. The largest absolute Gasteiger partial charge is 0.495 e. The first kappa shape index (κ1) is 16.6. The molecule has 0 aliphatic rings. The molecule has 0 aliphatic carbocycles. The Balaban J connectivity index is 2.24. The summed E-state index contributed by atoms with van der Waals surface area (Å²) in [6.07, 6.45) is 2.32. The van der Waals surface area contributed by atoms with Crippen molar-refractivity contribution in [3.05, 3.63) is 53.7 Å². The van der Waals surface area contributed by atoms with Gasteiger partial charge in [-0.1, -0.05) is 25.1 Å². The van der Waals surface area contributed by atoms with E-state index in [0.29, 0.717) is 33.6 Å². The lowest BCUT2D eigenvalue weighted by Crippen LogP contribution is -2.14. The second-order valence-electron chi connectivity index (χ2n) is 5.66. The van der Waals surface area contributed by atoms with E-state index in [2.05, 4.69) is 17.2 Å². The van der Waals surface area contributed by atoms with Gasteiger partial charge in [-0.05, 0) is 24.1 Å². The average Bonchev–Trinajstić information content (AvgIpc) is 2.61. The molecule has 0 atom stereocenters. The van der Waals surface area contributed by atoms with Crippen molar-refractivity contribution in [2.75, 3.05) is 18.2 Å². The minimum Gasteiger partial charge on any atom is -0.495 e. The summed E-state index contributed by atoms with van der Waals surface area (Å²) in [5.74, 6) is -0.0213. The summed E-state index contributed by atoms with van der Waals surface area (Å²) >= 11 is 0. The number of para-hydroxylation sites is 1. The third kappa shape index (κ3) is 3.06. The van der Waals surface area contributed by atoms with E-state index in [1.807, 2.05) is 24.3 Å². The van der Waals surface area contributed by atoms with Crippen molar-refractivity contribution in [1.29, 1.82) is 0 Å². The number of nitrogen functional groups attached to an aromatic ring is 1. The number of carbonyl (C=O) groups is 1. The number of benzene rings is 2. The lowest BCUT2D eigenvalue weighted by molar-refractivity contribution is 0.100. The molecule has 5 N–H and O–H groups in total. The van der Waals surface area contributed by atoms with Crippen LogP contribution >= 0.6 is 0 Å². The van der Waals surface area contributed by atoms with Gasteiger partial charge in [0.25, 0.3) is 5.91 Å². The third-order valence-electron chi connectivity index (χ3n) is 4.14. The molecule has 6 nitrogen and oxygen atoms in total. The smallest absolute Gasteiger partial charge is 0.252 e. The van der Waals surface area contributed by atoms with E-state index < -0.39 is 5.91 Å². The Hall–Kier alpha value is -3.28. The van der Waals surface area contributed by atoms with Crippen LogP contribution in [-0.2, 0) is 6.42 Å². The van der Waals surface area contributed by atoms with Gasteiger partial charge < -0.3 is 21.5 Å². The Bertz CT molecular complexity index is 954. The minimum atomic E-state index is -0.555. The first-order valence-corrected chi connectivity index (χ1v) is 7.96. The van der Waals surface area contributed by atoms with Gasteiger partial charge in [-0.2, -0.15) is 0 Å². The van der Waals surface area contributed by atoms with Gasteiger partial charge in [0.05, 0.1) is 29.6 Å². The highest BCUT2D eigenvalue weighted by Crippen LogP contribution is 2.35. The molecule has 0 saturated carbocycles. The Morgan fingerprint density at radius 2 is 2.04 bits per heavy atom. The van der Waals surface area contributed by atoms with Crippen LogP contribution < -0.4 is 21.5 Å². The van der Waals surface area contributed by atoms with Crippen molar-refractivity contribution >= 4 is 33.9 Å². The van der Waals surface area contributed by atoms with E-state index in [1.54, 1.807) is 19.2 Å². The Labute approximate surface area is 145 Å². The van der Waals surface area contributed by atoms with E-state index in [0.717, 1.165) is 17.7 Å². The van der Waals surface area contributed by atoms with Crippen LogP contribution in [-0.4, -0.2) is 18.0 Å². The predicted octanol–water partition coefficient (Wildman–Crippen LogP) is 3.23. The topological polar surface area (TPSA) is 103 Å². The molecule has 0 spiro atoms. The number of ether oxygens (including phenoxy) is 1. The maximum absolute atomic E-state index is 11.9. The highest BCUT2D eigenvalue weighted by molar-refractivity contribution is 6.08. The third-order valence-corrected chi connectivity index (χ3v) is 4.14. The van der Waals surface area contributed by atoms with E-state index in [-0.39, 0.29) is 0 Å². The molecule has 0 bridgehead atoms. The molecule has 1 amide bonds. The van der Waals surface area contributed by atoms with Gasteiger partial charge in [-0.3, -0.25) is 9.78 Å². The molecule has 3 aromatic rings. The second kappa shape index (κ2) is 6.68. The molecule has 128 valence electrons. The fourth-order valence-electron chi connectivity index (χ4n) is 2.82. The molecule has 1 heterocycles.